The van der Waals surface area contributed by atoms with Crippen molar-refractivity contribution in [2.45, 2.75) is 19.5 Å². The smallest absolute Gasteiger partial charge is 0.325 e. The number of nitrogens with zero attached hydrogens (tertiary/aromatic N) is 3. The number of carboxylic acids is 1. The Morgan fingerprint density at radius 2 is 2.33 bits per heavy atom. The van der Waals surface area contributed by atoms with Gasteiger partial charge in [0, 0.05) is 0 Å². The van der Waals surface area contributed by atoms with Crippen molar-refractivity contribution >= 4 is 28.6 Å². The maximum Gasteiger partial charge on any atom is 0.325 e. The predicted molar refractivity (Wildman–Crippen MR) is 70.8 cm³/mol. The molecule has 2 aromatic rings. The molecule has 7 heteroatoms. The van der Waals surface area contributed by atoms with Crippen molar-refractivity contribution in [2.24, 2.45) is 0 Å². The van der Waals surface area contributed by atoms with Crippen LogP contribution in [0.4, 0.5) is 0 Å². The van der Waals surface area contributed by atoms with Gasteiger partial charge in [-0.05, 0) is 36.4 Å². The molecule has 0 radical (unpaired) electrons. The van der Waals surface area contributed by atoms with E-state index in [0.29, 0.717) is 6.54 Å². The van der Waals surface area contributed by atoms with E-state index >= 15 is 0 Å². The molecule has 0 aliphatic heterocycles. The van der Waals surface area contributed by atoms with Gasteiger partial charge in [0.25, 0.3) is 0 Å². The highest BCUT2D eigenvalue weighted by Gasteiger charge is 2.25. The first-order chi connectivity index (χ1) is 8.58. The molecule has 0 aliphatic carbocycles. The van der Waals surface area contributed by atoms with E-state index in [1.54, 1.807) is 11.9 Å². The summed E-state index contributed by atoms with van der Waals surface area (Å²) in [5.41, 5.74) is 0.802. The first-order valence-corrected chi connectivity index (χ1v) is 7.08. The van der Waals surface area contributed by atoms with Gasteiger partial charge in [0.05, 0.1) is 6.54 Å². The van der Waals surface area contributed by atoms with Crippen molar-refractivity contribution in [1.82, 2.24) is 15.1 Å². The molecule has 0 bridgehead atoms. The fourth-order valence-electron chi connectivity index (χ4n) is 1.72. The predicted octanol–water partition coefficient (Wildman–Crippen LogP) is 2.17. The van der Waals surface area contributed by atoms with Crippen LogP contribution in [0.2, 0.25) is 0 Å². The molecular formula is C11H13N3O2S2. The maximum absolute atomic E-state index is 11.4. The van der Waals surface area contributed by atoms with Gasteiger partial charge >= 0.3 is 5.97 Å². The second-order valence-electron chi connectivity index (χ2n) is 3.93. The van der Waals surface area contributed by atoms with E-state index in [0.717, 1.165) is 15.6 Å². The van der Waals surface area contributed by atoms with Crippen molar-refractivity contribution in [1.29, 1.82) is 0 Å². The Morgan fingerprint density at radius 3 is 2.83 bits per heavy atom. The van der Waals surface area contributed by atoms with Gasteiger partial charge in [0.15, 0.2) is 0 Å². The number of hydrogen-bond acceptors (Lipinski definition) is 6. The summed E-state index contributed by atoms with van der Waals surface area (Å²) in [4.78, 5) is 13.1. The number of aryl methyl sites for hydroxylation is 1. The third-order valence-corrected chi connectivity index (χ3v) is 4.01. The second kappa shape index (κ2) is 5.55. The maximum atomic E-state index is 11.4. The van der Waals surface area contributed by atoms with Crippen molar-refractivity contribution < 1.29 is 9.90 Å². The van der Waals surface area contributed by atoms with Crippen LogP contribution < -0.4 is 0 Å². The normalized spacial score (nSPS) is 12.8. The van der Waals surface area contributed by atoms with Crippen LogP contribution in [0.3, 0.4) is 0 Å². The molecular weight excluding hydrogens is 270 g/mol. The number of aromatic nitrogens is 2. The third-order valence-electron chi connectivity index (χ3n) is 2.49. The summed E-state index contributed by atoms with van der Waals surface area (Å²) in [7, 11) is 1.78. The Labute approximate surface area is 113 Å². The molecule has 1 unspecified atom stereocenters. The summed E-state index contributed by atoms with van der Waals surface area (Å²) in [6, 6.07) is 1.20. The molecule has 0 saturated heterocycles. The van der Waals surface area contributed by atoms with E-state index in [2.05, 4.69) is 10.2 Å². The van der Waals surface area contributed by atoms with Crippen molar-refractivity contribution in [2.75, 3.05) is 7.05 Å². The molecule has 18 heavy (non-hydrogen) atoms. The Hall–Kier alpha value is -1.31. The molecule has 96 valence electrons. The van der Waals surface area contributed by atoms with Crippen molar-refractivity contribution in [3.63, 3.8) is 0 Å². The van der Waals surface area contributed by atoms with Crippen LogP contribution in [0, 0.1) is 6.92 Å². The number of carbonyl (C=O) groups is 1. The quantitative estimate of drug-likeness (QED) is 0.911. The Morgan fingerprint density at radius 1 is 1.56 bits per heavy atom. The van der Waals surface area contributed by atoms with Gasteiger partial charge in [-0.2, -0.15) is 11.3 Å². The van der Waals surface area contributed by atoms with Crippen LogP contribution in [-0.4, -0.2) is 33.2 Å². The summed E-state index contributed by atoms with van der Waals surface area (Å²) in [6.45, 7) is 2.37. The summed E-state index contributed by atoms with van der Waals surface area (Å²) in [6.07, 6.45) is 0. The summed E-state index contributed by atoms with van der Waals surface area (Å²) in [5.74, 6) is -0.850. The topological polar surface area (TPSA) is 66.3 Å². The lowest BCUT2D eigenvalue weighted by molar-refractivity contribution is -0.143. The highest BCUT2D eigenvalue weighted by molar-refractivity contribution is 7.11. The molecule has 0 fully saturated rings. The first kappa shape index (κ1) is 13.1. The molecule has 1 N–H and O–H groups in total. The fourth-order valence-corrected chi connectivity index (χ4v) is 3.17. The molecule has 2 rings (SSSR count). The minimum absolute atomic E-state index is 0.484. The van der Waals surface area contributed by atoms with Crippen LogP contribution in [0.15, 0.2) is 16.8 Å². The molecule has 0 aliphatic rings. The van der Waals surface area contributed by atoms with Crippen LogP contribution in [0.1, 0.15) is 21.6 Å². The molecule has 0 aromatic carbocycles. The van der Waals surface area contributed by atoms with E-state index < -0.39 is 12.0 Å². The Balaban J connectivity index is 2.14. The molecule has 0 amide bonds. The zero-order chi connectivity index (χ0) is 13.1. The lowest BCUT2D eigenvalue weighted by Gasteiger charge is -2.22. The standard InChI is InChI=1S/C11H13N3O2S2/c1-7-12-13-9(18-7)5-14(2)10(11(15)16)8-3-4-17-6-8/h3-4,6,10H,5H2,1-2H3,(H,15,16). The van der Waals surface area contributed by atoms with Gasteiger partial charge in [0.2, 0.25) is 0 Å². The lowest BCUT2D eigenvalue weighted by atomic mass is 10.1. The van der Waals surface area contributed by atoms with Crippen LogP contribution >= 0.6 is 22.7 Å². The third kappa shape index (κ3) is 2.92. The van der Waals surface area contributed by atoms with Crippen LogP contribution in [0.5, 0.6) is 0 Å². The van der Waals surface area contributed by atoms with E-state index in [1.807, 2.05) is 23.8 Å². The zero-order valence-electron chi connectivity index (χ0n) is 10.0. The summed E-state index contributed by atoms with van der Waals surface area (Å²) in [5, 5.41) is 22.7. The number of hydrogen-bond donors (Lipinski definition) is 1. The molecule has 1 atom stereocenters. The fraction of sp³-hybridized carbons (Fsp3) is 0.364. The van der Waals surface area contributed by atoms with Crippen molar-refractivity contribution in [3.8, 4) is 0 Å². The molecule has 2 heterocycles. The SMILES string of the molecule is Cc1nnc(CN(C)C(C(=O)O)c2ccsc2)s1. The van der Waals surface area contributed by atoms with Gasteiger partial charge < -0.3 is 5.11 Å². The largest absolute Gasteiger partial charge is 0.480 e. The Bertz CT molecular complexity index is 524. The van der Waals surface area contributed by atoms with Crippen LogP contribution in [0.25, 0.3) is 0 Å². The zero-order valence-corrected chi connectivity index (χ0v) is 11.7. The average Bonchev–Trinajstić information content (AvgIpc) is 2.90. The molecule has 0 saturated carbocycles. The summed E-state index contributed by atoms with van der Waals surface area (Å²) >= 11 is 2.99. The highest BCUT2D eigenvalue weighted by atomic mass is 32.1. The molecule has 2 aromatic heterocycles. The number of carboxylic acid groups (broad SMARTS) is 1. The minimum atomic E-state index is -0.850. The Kier molecular flexibility index (Phi) is 4.05. The monoisotopic (exact) mass is 283 g/mol. The number of rotatable bonds is 5. The first-order valence-electron chi connectivity index (χ1n) is 5.32. The van der Waals surface area contributed by atoms with Gasteiger partial charge in [-0.1, -0.05) is 0 Å². The van der Waals surface area contributed by atoms with Gasteiger partial charge in [0.1, 0.15) is 16.1 Å². The lowest BCUT2D eigenvalue weighted by Crippen LogP contribution is -2.30. The van der Waals surface area contributed by atoms with E-state index in [9.17, 15) is 9.90 Å². The summed E-state index contributed by atoms with van der Waals surface area (Å²) < 4.78 is 0. The van der Waals surface area contributed by atoms with Crippen LogP contribution in [-0.2, 0) is 11.3 Å². The van der Waals surface area contributed by atoms with E-state index in [1.165, 1.54) is 22.7 Å². The van der Waals surface area contributed by atoms with Gasteiger partial charge in [-0.15, -0.1) is 21.5 Å². The van der Waals surface area contributed by atoms with E-state index in [-0.39, 0.29) is 0 Å². The number of likely N-dealkylation sites (N-methyl/N-ethyl adjacent to an activating group) is 1. The van der Waals surface area contributed by atoms with E-state index in [4.69, 9.17) is 0 Å². The highest BCUT2D eigenvalue weighted by Crippen LogP contribution is 2.24. The number of thiophene rings is 1. The second-order valence-corrected chi connectivity index (χ2v) is 5.97. The average molecular weight is 283 g/mol. The van der Waals surface area contributed by atoms with Crippen molar-refractivity contribution in [3.05, 3.63) is 32.4 Å². The molecule has 5 nitrogen and oxygen atoms in total. The number of aliphatic carboxylic acids is 1. The minimum Gasteiger partial charge on any atom is -0.480 e. The van der Waals surface area contributed by atoms with Gasteiger partial charge in [-0.3, -0.25) is 9.69 Å². The van der Waals surface area contributed by atoms with Gasteiger partial charge in [-0.25, -0.2) is 0 Å². The molecule has 0 spiro atoms.